The fourth-order valence-corrected chi connectivity index (χ4v) is 1.75. The summed E-state index contributed by atoms with van der Waals surface area (Å²) in [5.74, 6) is -0.235. The number of ether oxygens (including phenoxy) is 2. The van der Waals surface area contributed by atoms with Gasteiger partial charge in [0.05, 0.1) is 6.61 Å². The molecule has 2 rings (SSSR count). The molecule has 0 amide bonds. The maximum Gasteiger partial charge on any atom is 0.329 e. The lowest BCUT2D eigenvalue weighted by Crippen LogP contribution is -2.12. The van der Waals surface area contributed by atoms with E-state index in [-0.39, 0.29) is 13.2 Å². The molecule has 0 fully saturated rings. The van der Waals surface area contributed by atoms with E-state index in [4.69, 9.17) is 14.6 Å². The van der Waals surface area contributed by atoms with Gasteiger partial charge in [-0.25, -0.2) is 4.79 Å². The Labute approximate surface area is 117 Å². The normalized spacial score (nSPS) is 10.2. The first-order valence-corrected chi connectivity index (χ1v) is 6.33. The average Bonchev–Trinajstić information content (AvgIpc) is 2.48. The number of hydrogen-bond donors (Lipinski definition) is 1. The van der Waals surface area contributed by atoms with Crippen molar-refractivity contribution in [2.45, 2.75) is 0 Å². The second kappa shape index (κ2) is 7.31. The van der Waals surface area contributed by atoms with E-state index < -0.39 is 5.97 Å². The van der Waals surface area contributed by atoms with Gasteiger partial charge in [-0.2, -0.15) is 0 Å². The highest BCUT2D eigenvalue weighted by Gasteiger charge is 1.99. The molecule has 0 aliphatic carbocycles. The molecule has 0 aliphatic heterocycles. The van der Waals surface area contributed by atoms with Crippen LogP contribution in [0.2, 0.25) is 0 Å². The predicted molar refractivity (Wildman–Crippen MR) is 75.8 cm³/mol. The van der Waals surface area contributed by atoms with Crippen molar-refractivity contribution in [3.8, 4) is 16.9 Å². The number of benzene rings is 2. The molecule has 0 heterocycles. The van der Waals surface area contributed by atoms with Crippen LogP contribution in [-0.4, -0.2) is 30.9 Å². The SMILES string of the molecule is O=C(O)COCCOc1ccc(-c2ccccc2)cc1. The molecule has 0 aliphatic rings. The van der Waals surface area contributed by atoms with Gasteiger partial charge in [-0.3, -0.25) is 0 Å². The van der Waals surface area contributed by atoms with Crippen molar-refractivity contribution in [1.29, 1.82) is 0 Å². The third kappa shape index (κ3) is 4.40. The maximum atomic E-state index is 10.2. The first kappa shape index (κ1) is 14.1. The van der Waals surface area contributed by atoms with Gasteiger partial charge in [0.15, 0.2) is 0 Å². The minimum atomic E-state index is -0.975. The van der Waals surface area contributed by atoms with E-state index in [1.807, 2.05) is 42.5 Å². The summed E-state index contributed by atoms with van der Waals surface area (Å²) in [5, 5.41) is 8.40. The van der Waals surface area contributed by atoms with Gasteiger partial charge in [-0.15, -0.1) is 0 Å². The molecule has 4 heteroatoms. The van der Waals surface area contributed by atoms with E-state index in [2.05, 4.69) is 12.1 Å². The van der Waals surface area contributed by atoms with Crippen LogP contribution in [0.3, 0.4) is 0 Å². The molecular formula is C16H16O4. The lowest BCUT2D eigenvalue weighted by atomic mass is 10.1. The third-order valence-electron chi connectivity index (χ3n) is 2.68. The van der Waals surface area contributed by atoms with Gasteiger partial charge in [0.25, 0.3) is 0 Å². The Bertz CT molecular complexity index is 534. The number of hydrogen-bond acceptors (Lipinski definition) is 3. The van der Waals surface area contributed by atoms with Crippen LogP contribution in [0.1, 0.15) is 0 Å². The van der Waals surface area contributed by atoms with Gasteiger partial charge in [0.1, 0.15) is 19.0 Å². The first-order chi connectivity index (χ1) is 9.75. The van der Waals surface area contributed by atoms with Gasteiger partial charge in [-0.1, -0.05) is 42.5 Å². The van der Waals surface area contributed by atoms with Crippen LogP contribution in [0.15, 0.2) is 54.6 Å². The van der Waals surface area contributed by atoms with Crippen molar-refractivity contribution >= 4 is 5.97 Å². The van der Waals surface area contributed by atoms with E-state index in [1.165, 1.54) is 0 Å². The lowest BCUT2D eigenvalue weighted by Gasteiger charge is -2.07. The molecule has 0 spiro atoms. The van der Waals surface area contributed by atoms with Crippen molar-refractivity contribution in [2.24, 2.45) is 0 Å². The summed E-state index contributed by atoms with van der Waals surface area (Å²) in [6.07, 6.45) is 0. The minimum Gasteiger partial charge on any atom is -0.491 e. The van der Waals surface area contributed by atoms with E-state index in [9.17, 15) is 4.79 Å². The van der Waals surface area contributed by atoms with E-state index in [1.54, 1.807) is 0 Å². The largest absolute Gasteiger partial charge is 0.491 e. The fraction of sp³-hybridized carbons (Fsp3) is 0.188. The van der Waals surface area contributed by atoms with Crippen LogP contribution in [0.25, 0.3) is 11.1 Å². The lowest BCUT2D eigenvalue weighted by molar-refractivity contribution is -0.142. The summed E-state index contributed by atoms with van der Waals surface area (Å²) in [6, 6.07) is 17.8. The van der Waals surface area contributed by atoms with Gasteiger partial charge in [0, 0.05) is 0 Å². The second-order valence-corrected chi connectivity index (χ2v) is 4.19. The van der Waals surface area contributed by atoms with Crippen molar-refractivity contribution in [3.05, 3.63) is 54.6 Å². The fourth-order valence-electron chi connectivity index (χ4n) is 1.75. The molecule has 0 unspecified atom stereocenters. The van der Waals surface area contributed by atoms with Crippen molar-refractivity contribution in [3.63, 3.8) is 0 Å². The predicted octanol–water partition coefficient (Wildman–Crippen LogP) is 2.83. The van der Waals surface area contributed by atoms with Crippen LogP contribution in [0, 0.1) is 0 Å². The molecule has 0 saturated carbocycles. The molecule has 1 N–H and O–H groups in total. The number of carboxylic acids is 1. The average molecular weight is 272 g/mol. The second-order valence-electron chi connectivity index (χ2n) is 4.19. The molecule has 0 radical (unpaired) electrons. The Balaban J connectivity index is 1.82. The van der Waals surface area contributed by atoms with Crippen LogP contribution >= 0.6 is 0 Å². The highest BCUT2D eigenvalue weighted by atomic mass is 16.5. The Hall–Kier alpha value is -2.33. The summed E-state index contributed by atoms with van der Waals surface area (Å²) in [5.41, 5.74) is 2.28. The number of carboxylic acid groups (broad SMARTS) is 1. The Kier molecular flexibility index (Phi) is 5.15. The molecule has 0 saturated heterocycles. The molecule has 104 valence electrons. The topological polar surface area (TPSA) is 55.8 Å². The summed E-state index contributed by atoms with van der Waals surface area (Å²) in [4.78, 5) is 10.2. The van der Waals surface area contributed by atoms with Crippen LogP contribution in [0.4, 0.5) is 0 Å². The van der Waals surface area contributed by atoms with Crippen molar-refractivity contribution in [1.82, 2.24) is 0 Å². The Morgan fingerprint density at radius 3 is 2.20 bits per heavy atom. The molecule has 20 heavy (non-hydrogen) atoms. The molecule has 0 bridgehead atoms. The molecule has 2 aromatic carbocycles. The number of carbonyl (C=O) groups is 1. The molecule has 2 aromatic rings. The van der Waals surface area contributed by atoms with E-state index in [0.717, 1.165) is 16.9 Å². The zero-order chi connectivity index (χ0) is 14.2. The van der Waals surface area contributed by atoms with Crippen LogP contribution < -0.4 is 4.74 Å². The summed E-state index contributed by atoms with van der Waals surface area (Å²) < 4.78 is 10.3. The number of rotatable bonds is 7. The first-order valence-electron chi connectivity index (χ1n) is 6.33. The molecular weight excluding hydrogens is 256 g/mol. The van der Waals surface area contributed by atoms with E-state index >= 15 is 0 Å². The van der Waals surface area contributed by atoms with Gasteiger partial charge < -0.3 is 14.6 Å². The maximum absolute atomic E-state index is 10.2. The zero-order valence-electron chi connectivity index (χ0n) is 11.0. The van der Waals surface area contributed by atoms with Gasteiger partial charge in [0.2, 0.25) is 0 Å². The zero-order valence-corrected chi connectivity index (χ0v) is 11.0. The summed E-state index contributed by atoms with van der Waals surface area (Å²) in [6.45, 7) is 0.293. The monoisotopic (exact) mass is 272 g/mol. The number of aliphatic carboxylic acids is 1. The Morgan fingerprint density at radius 1 is 0.900 bits per heavy atom. The highest BCUT2D eigenvalue weighted by molar-refractivity contribution is 5.68. The third-order valence-corrected chi connectivity index (χ3v) is 2.68. The molecule has 0 aromatic heterocycles. The van der Waals surface area contributed by atoms with Crippen LogP contribution in [0.5, 0.6) is 5.75 Å². The molecule has 4 nitrogen and oxygen atoms in total. The van der Waals surface area contributed by atoms with Gasteiger partial charge in [-0.05, 0) is 23.3 Å². The quantitative estimate of drug-likeness (QED) is 0.787. The highest BCUT2D eigenvalue weighted by Crippen LogP contribution is 2.21. The van der Waals surface area contributed by atoms with Crippen molar-refractivity contribution < 1.29 is 19.4 Å². The van der Waals surface area contributed by atoms with E-state index in [0.29, 0.717) is 6.61 Å². The van der Waals surface area contributed by atoms with Crippen molar-refractivity contribution in [2.75, 3.05) is 19.8 Å². The Morgan fingerprint density at radius 2 is 1.55 bits per heavy atom. The standard InChI is InChI=1S/C16H16O4/c17-16(18)12-19-10-11-20-15-8-6-14(7-9-15)13-4-2-1-3-5-13/h1-9H,10-12H2,(H,17,18). The summed E-state index contributed by atoms with van der Waals surface area (Å²) >= 11 is 0. The molecule has 0 atom stereocenters. The van der Waals surface area contributed by atoms with Gasteiger partial charge >= 0.3 is 5.97 Å². The minimum absolute atomic E-state index is 0.257. The smallest absolute Gasteiger partial charge is 0.329 e. The van der Waals surface area contributed by atoms with Crippen LogP contribution in [-0.2, 0) is 9.53 Å². The summed E-state index contributed by atoms with van der Waals surface area (Å²) in [7, 11) is 0.